The number of rotatable bonds is 6. The molecule has 0 N–H and O–H groups in total. The average Bonchev–Trinajstić information content (AvgIpc) is 2.71. The first kappa shape index (κ1) is 20.3. The molecule has 0 aliphatic rings. The second-order valence-electron chi connectivity index (χ2n) is 6.26. The highest BCUT2D eigenvalue weighted by atomic mass is 19.4. The van der Waals surface area contributed by atoms with Crippen molar-refractivity contribution in [2.75, 3.05) is 7.11 Å². The number of halogens is 3. The number of methoxy groups -OCH3 is 1. The average molecular weight is 401 g/mol. The van der Waals surface area contributed by atoms with Gasteiger partial charge in [-0.1, -0.05) is 25.3 Å². The Morgan fingerprint density at radius 3 is 2.45 bits per heavy atom. The molecule has 0 bridgehead atoms. The zero-order valence-electron chi connectivity index (χ0n) is 15.6. The van der Waals surface area contributed by atoms with Crippen LogP contribution in [0.15, 0.2) is 72.7 Å². The maximum absolute atomic E-state index is 12.9. The minimum absolute atomic E-state index is 0.0167. The Morgan fingerprint density at radius 2 is 1.86 bits per heavy atom. The van der Waals surface area contributed by atoms with Gasteiger partial charge in [0.1, 0.15) is 18.1 Å². The molecule has 0 saturated heterocycles. The highest BCUT2D eigenvalue weighted by Crippen LogP contribution is 2.31. The Labute approximate surface area is 165 Å². The second-order valence-corrected chi connectivity index (χ2v) is 6.26. The van der Waals surface area contributed by atoms with E-state index >= 15 is 0 Å². The van der Waals surface area contributed by atoms with E-state index in [1.54, 1.807) is 24.4 Å². The van der Waals surface area contributed by atoms with E-state index in [9.17, 15) is 18.0 Å². The van der Waals surface area contributed by atoms with Crippen LogP contribution in [-0.4, -0.2) is 11.7 Å². The molecule has 2 aromatic carbocycles. The van der Waals surface area contributed by atoms with Gasteiger partial charge >= 0.3 is 6.18 Å². The van der Waals surface area contributed by atoms with E-state index in [1.165, 1.54) is 29.9 Å². The Kier molecular flexibility index (Phi) is 5.50. The van der Waals surface area contributed by atoms with Crippen LogP contribution in [-0.2, 0) is 12.8 Å². The molecular weight excluding hydrogens is 383 g/mol. The van der Waals surface area contributed by atoms with Crippen molar-refractivity contribution in [1.82, 2.24) is 4.57 Å². The molecular formula is C22H18F3NO3. The fourth-order valence-corrected chi connectivity index (χ4v) is 2.82. The third kappa shape index (κ3) is 4.18. The molecule has 0 aliphatic carbocycles. The minimum atomic E-state index is -4.40. The summed E-state index contributed by atoms with van der Waals surface area (Å²) in [5.74, 6) is 0.745. The number of alkyl halides is 3. The Hall–Kier alpha value is -3.48. The normalized spacial score (nSPS) is 11.3. The minimum Gasteiger partial charge on any atom is -0.497 e. The van der Waals surface area contributed by atoms with Gasteiger partial charge in [-0.05, 0) is 41.3 Å². The Morgan fingerprint density at radius 1 is 1.17 bits per heavy atom. The van der Waals surface area contributed by atoms with E-state index in [2.05, 4.69) is 13.2 Å². The standard InChI is InChI=1S/C22H18F3NO3/c1-4-14(2)26-10-9-16-11-18(28-3)12-19(20(16)21(26)27)29-13-15-5-7-17(8-6-15)22(23,24)25/h4-12H,1-2,13H2,3H3. The molecule has 1 heterocycles. The fraction of sp³-hybridized carbons (Fsp3) is 0.136. The molecule has 4 nitrogen and oxygen atoms in total. The van der Waals surface area contributed by atoms with Gasteiger partial charge in [0.05, 0.1) is 18.1 Å². The molecule has 3 aromatic rings. The van der Waals surface area contributed by atoms with Crippen LogP contribution in [0.25, 0.3) is 16.5 Å². The van der Waals surface area contributed by atoms with E-state index in [4.69, 9.17) is 9.47 Å². The highest BCUT2D eigenvalue weighted by Gasteiger charge is 2.29. The van der Waals surface area contributed by atoms with Gasteiger partial charge in [-0.25, -0.2) is 0 Å². The number of allylic oxidation sites excluding steroid dienone is 2. The van der Waals surface area contributed by atoms with Crippen LogP contribution < -0.4 is 15.0 Å². The van der Waals surface area contributed by atoms with E-state index in [1.807, 2.05) is 0 Å². The van der Waals surface area contributed by atoms with Gasteiger partial charge in [0.2, 0.25) is 0 Å². The smallest absolute Gasteiger partial charge is 0.416 e. The van der Waals surface area contributed by atoms with Crippen LogP contribution in [0, 0.1) is 0 Å². The summed E-state index contributed by atoms with van der Waals surface area (Å²) >= 11 is 0. The van der Waals surface area contributed by atoms with E-state index in [0.29, 0.717) is 27.8 Å². The molecule has 1 aromatic heterocycles. The van der Waals surface area contributed by atoms with Gasteiger partial charge in [-0.3, -0.25) is 9.36 Å². The molecule has 0 fully saturated rings. The summed E-state index contributed by atoms with van der Waals surface area (Å²) in [7, 11) is 1.49. The van der Waals surface area contributed by atoms with Crippen molar-refractivity contribution in [3.63, 3.8) is 0 Å². The number of fused-ring (bicyclic) bond motifs is 1. The zero-order valence-corrected chi connectivity index (χ0v) is 15.6. The molecule has 3 rings (SSSR count). The van der Waals surface area contributed by atoms with Crippen LogP contribution in [0.5, 0.6) is 11.5 Å². The van der Waals surface area contributed by atoms with Gasteiger partial charge in [0, 0.05) is 18.0 Å². The number of hydrogen-bond acceptors (Lipinski definition) is 3. The van der Waals surface area contributed by atoms with Crippen LogP contribution >= 0.6 is 0 Å². The summed E-state index contributed by atoms with van der Waals surface area (Å²) in [6, 6.07) is 9.63. The molecule has 29 heavy (non-hydrogen) atoms. The molecule has 0 unspecified atom stereocenters. The van der Waals surface area contributed by atoms with Crippen LogP contribution in [0.1, 0.15) is 11.1 Å². The lowest BCUT2D eigenvalue weighted by atomic mass is 10.1. The third-order valence-electron chi connectivity index (χ3n) is 4.40. The maximum atomic E-state index is 12.9. The van der Waals surface area contributed by atoms with Crippen molar-refractivity contribution in [2.24, 2.45) is 0 Å². The lowest BCUT2D eigenvalue weighted by molar-refractivity contribution is -0.137. The number of aromatic nitrogens is 1. The first-order valence-corrected chi connectivity index (χ1v) is 8.58. The van der Waals surface area contributed by atoms with Gasteiger partial charge in [0.25, 0.3) is 5.56 Å². The summed E-state index contributed by atoms with van der Waals surface area (Å²) in [6.07, 6.45) is -1.37. The fourth-order valence-electron chi connectivity index (χ4n) is 2.82. The number of hydrogen-bond donors (Lipinski definition) is 0. The monoisotopic (exact) mass is 401 g/mol. The van der Waals surface area contributed by atoms with E-state index in [0.717, 1.165) is 12.1 Å². The molecule has 7 heteroatoms. The van der Waals surface area contributed by atoms with E-state index in [-0.39, 0.29) is 17.9 Å². The number of ether oxygens (including phenoxy) is 2. The summed E-state index contributed by atoms with van der Waals surface area (Å²) < 4.78 is 50.5. The van der Waals surface area contributed by atoms with Crippen molar-refractivity contribution >= 4 is 16.5 Å². The Balaban J connectivity index is 2.00. The van der Waals surface area contributed by atoms with Crippen LogP contribution in [0.3, 0.4) is 0 Å². The topological polar surface area (TPSA) is 40.5 Å². The number of nitrogens with zero attached hydrogens (tertiary/aromatic N) is 1. The lowest BCUT2D eigenvalue weighted by Gasteiger charge is -2.14. The van der Waals surface area contributed by atoms with E-state index < -0.39 is 11.7 Å². The summed E-state index contributed by atoms with van der Waals surface area (Å²) in [5, 5.41) is 0.910. The first-order chi connectivity index (χ1) is 13.7. The lowest BCUT2D eigenvalue weighted by Crippen LogP contribution is -2.18. The zero-order chi connectivity index (χ0) is 21.2. The predicted molar refractivity (Wildman–Crippen MR) is 106 cm³/mol. The molecule has 0 radical (unpaired) electrons. The van der Waals surface area contributed by atoms with Crippen molar-refractivity contribution in [2.45, 2.75) is 12.8 Å². The third-order valence-corrected chi connectivity index (χ3v) is 4.40. The largest absolute Gasteiger partial charge is 0.497 e. The SMILES string of the molecule is C=CC(=C)n1ccc2cc(OC)cc(OCc3ccc(C(F)(F)F)cc3)c2c1=O. The van der Waals surface area contributed by atoms with Crippen molar-refractivity contribution in [3.05, 3.63) is 89.4 Å². The first-order valence-electron chi connectivity index (χ1n) is 8.58. The highest BCUT2D eigenvalue weighted by molar-refractivity contribution is 5.89. The van der Waals surface area contributed by atoms with Gasteiger partial charge in [-0.2, -0.15) is 13.2 Å². The molecule has 0 aliphatic heterocycles. The predicted octanol–water partition coefficient (Wildman–Crippen LogP) is 5.26. The maximum Gasteiger partial charge on any atom is 0.416 e. The van der Waals surface area contributed by atoms with Crippen LogP contribution in [0.4, 0.5) is 13.2 Å². The summed E-state index contributed by atoms with van der Waals surface area (Å²) in [6.45, 7) is 7.38. The molecule has 0 spiro atoms. The van der Waals surface area contributed by atoms with Gasteiger partial charge in [-0.15, -0.1) is 0 Å². The second kappa shape index (κ2) is 7.87. The molecule has 150 valence electrons. The summed E-state index contributed by atoms with van der Waals surface area (Å²) in [5.41, 5.74) is -0.154. The van der Waals surface area contributed by atoms with Crippen molar-refractivity contribution in [1.29, 1.82) is 0 Å². The van der Waals surface area contributed by atoms with Crippen molar-refractivity contribution < 1.29 is 22.6 Å². The summed E-state index contributed by atoms with van der Waals surface area (Å²) in [4.78, 5) is 12.9. The van der Waals surface area contributed by atoms with Crippen LogP contribution in [0.2, 0.25) is 0 Å². The molecule has 0 atom stereocenters. The van der Waals surface area contributed by atoms with Gasteiger partial charge < -0.3 is 9.47 Å². The number of pyridine rings is 1. The number of benzene rings is 2. The van der Waals surface area contributed by atoms with Gasteiger partial charge in [0.15, 0.2) is 0 Å². The molecule has 0 saturated carbocycles. The quantitative estimate of drug-likeness (QED) is 0.529. The molecule has 0 amide bonds. The van der Waals surface area contributed by atoms with Crippen molar-refractivity contribution in [3.8, 4) is 11.5 Å². The Bertz CT molecular complexity index is 1130.